The van der Waals surface area contributed by atoms with Crippen LogP contribution < -0.4 is 0 Å². The second-order valence-corrected chi connectivity index (χ2v) is 3.35. The van der Waals surface area contributed by atoms with Gasteiger partial charge < -0.3 is 4.90 Å². The Morgan fingerprint density at radius 2 is 1.90 bits per heavy atom. The molecule has 0 radical (unpaired) electrons. The molecule has 0 aliphatic heterocycles. The van der Waals surface area contributed by atoms with Crippen molar-refractivity contribution in [2.24, 2.45) is 0 Å². The summed E-state index contributed by atoms with van der Waals surface area (Å²) in [7, 11) is 2.15. The number of hydrogen-bond acceptors (Lipinski definition) is 1. The third kappa shape index (κ3) is 5.07. The minimum atomic E-state index is 0.662. The van der Waals surface area contributed by atoms with E-state index < -0.39 is 0 Å². The molecule has 0 aromatic rings. The van der Waals surface area contributed by atoms with Gasteiger partial charge in [-0.15, -0.1) is 11.6 Å². The first-order valence-corrected chi connectivity index (χ1v) is 4.48. The first-order valence-electron chi connectivity index (χ1n) is 3.94. The second-order valence-electron chi connectivity index (χ2n) is 2.97. The largest absolute Gasteiger partial charge is 0.304 e. The summed E-state index contributed by atoms with van der Waals surface area (Å²) >= 11 is 5.55. The smallest absolute Gasteiger partial charge is 0.0223 e. The zero-order chi connectivity index (χ0) is 7.98. The molecule has 0 unspecified atom stereocenters. The zero-order valence-corrected chi connectivity index (χ0v) is 7.99. The molecule has 0 aliphatic rings. The molecule has 0 aliphatic carbocycles. The van der Waals surface area contributed by atoms with Crippen LogP contribution in [-0.4, -0.2) is 30.4 Å². The Bertz CT molecular complexity index is 73.7. The van der Waals surface area contributed by atoms with Crippen LogP contribution >= 0.6 is 11.6 Å². The van der Waals surface area contributed by atoms with Gasteiger partial charge in [0.25, 0.3) is 0 Å². The third-order valence-corrected chi connectivity index (χ3v) is 2.04. The van der Waals surface area contributed by atoms with Crippen molar-refractivity contribution in [1.82, 2.24) is 4.90 Å². The van der Waals surface area contributed by atoms with Crippen LogP contribution in [0.5, 0.6) is 0 Å². The quantitative estimate of drug-likeness (QED) is 0.444. The number of rotatable bonds is 5. The maximum Gasteiger partial charge on any atom is 0.0223 e. The van der Waals surface area contributed by atoms with E-state index in [9.17, 15) is 0 Å². The molecule has 62 valence electrons. The fourth-order valence-electron chi connectivity index (χ4n) is 0.714. The van der Waals surface area contributed by atoms with Crippen LogP contribution in [0.25, 0.3) is 0 Å². The Morgan fingerprint density at radius 1 is 1.30 bits per heavy atom. The van der Waals surface area contributed by atoms with Crippen molar-refractivity contribution in [3.8, 4) is 0 Å². The molecule has 10 heavy (non-hydrogen) atoms. The van der Waals surface area contributed by atoms with E-state index in [-0.39, 0.29) is 0 Å². The fraction of sp³-hybridized carbons (Fsp3) is 1.00. The first-order chi connectivity index (χ1) is 4.68. The van der Waals surface area contributed by atoms with Crippen molar-refractivity contribution < 1.29 is 0 Å². The minimum Gasteiger partial charge on any atom is -0.304 e. The topological polar surface area (TPSA) is 3.24 Å². The fourth-order valence-corrected chi connectivity index (χ4v) is 0.903. The molecule has 0 saturated carbocycles. The van der Waals surface area contributed by atoms with E-state index in [2.05, 4.69) is 25.8 Å². The van der Waals surface area contributed by atoms with E-state index in [1.54, 1.807) is 0 Å². The van der Waals surface area contributed by atoms with Crippen LogP contribution in [0.3, 0.4) is 0 Å². The van der Waals surface area contributed by atoms with Gasteiger partial charge in [0.15, 0.2) is 0 Å². The molecular formula is C8H18ClN. The van der Waals surface area contributed by atoms with Gasteiger partial charge in [-0.05, 0) is 40.3 Å². The molecule has 0 N–H and O–H groups in total. The summed E-state index contributed by atoms with van der Waals surface area (Å²) in [6, 6.07) is 0.662. The number of hydrogen-bond donors (Lipinski definition) is 0. The molecule has 0 aromatic carbocycles. The Kier molecular flexibility index (Phi) is 6.14. The normalized spacial score (nSPS) is 11.4. The van der Waals surface area contributed by atoms with E-state index >= 15 is 0 Å². The van der Waals surface area contributed by atoms with E-state index in [4.69, 9.17) is 11.6 Å². The van der Waals surface area contributed by atoms with Crippen LogP contribution in [0.1, 0.15) is 26.7 Å². The van der Waals surface area contributed by atoms with E-state index in [0.717, 1.165) is 12.3 Å². The molecule has 0 saturated heterocycles. The lowest BCUT2D eigenvalue weighted by molar-refractivity contribution is 0.270. The lowest BCUT2D eigenvalue weighted by Crippen LogP contribution is -2.27. The highest BCUT2D eigenvalue weighted by Crippen LogP contribution is 1.98. The average Bonchev–Trinajstić information content (AvgIpc) is 1.88. The molecule has 0 heterocycles. The van der Waals surface area contributed by atoms with Gasteiger partial charge in [-0.25, -0.2) is 0 Å². The predicted octanol–water partition coefficient (Wildman–Crippen LogP) is 2.35. The lowest BCUT2D eigenvalue weighted by atomic mass is 10.3. The van der Waals surface area contributed by atoms with Crippen molar-refractivity contribution in [3.63, 3.8) is 0 Å². The lowest BCUT2D eigenvalue weighted by Gasteiger charge is -2.20. The molecule has 0 spiro atoms. The Hall–Kier alpha value is 0.250. The monoisotopic (exact) mass is 163 g/mol. The molecule has 0 rings (SSSR count). The van der Waals surface area contributed by atoms with Gasteiger partial charge in [0.1, 0.15) is 0 Å². The van der Waals surface area contributed by atoms with Crippen molar-refractivity contribution in [2.75, 3.05) is 19.5 Å². The van der Waals surface area contributed by atoms with Crippen LogP contribution in [0.4, 0.5) is 0 Å². The maximum absolute atomic E-state index is 5.55. The molecular weight excluding hydrogens is 146 g/mol. The molecule has 1 nitrogen and oxygen atoms in total. The number of halogens is 1. The molecule has 0 amide bonds. The van der Waals surface area contributed by atoms with Crippen LogP contribution in [0, 0.1) is 0 Å². The van der Waals surface area contributed by atoms with Crippen molar-refractivity contribution in [3.05, 3.63) is 0 Å². The van der Waals surface area contributed by atoms with Crippen LogP contribution in [0.2, 0.25) is 0 Å². The number of nitrogens with zero attached hydrogens (tertiary/aromatic N) is 1. The number of unbranched alkanes of at least 4 members (excludes halogenated alkanes) is 1. The molecule has 0 atom stereocenters. The van der Waals surface area contributed by atoms with E-state index in [0.29, 0.717) is 6.04 Å². The van der Waals surface area contributed by atoms with Gasteiger partial charge >= 0.3 is 0 Å². The molecule has 0 bridgehead atoms. The standard InChI is InChI=1S/C8H18ClN/c1-8(2)10(3)7-5-4-6-9/h8H,4-7H2,1-3H3. The average molecular weight is 164 g/mol. The Morgan fingerprint density at radius 3 is 2.30 bits per heavy atom. The summed E-state index contributed by atoms with van der Waals surface area (Å²) < 4.78 is 0. The number of alkyl halides is 1. The summed E-state index contributed by atoms with van der Waals surface area (Å²) in [6.07, 6.45) is 2.36. The molecule has 0 aromatic heterocycles. The van der Waals surface area contributed by atoms with Gasteiger partial charge in [-0.3, -0.25) is 0 Å². The highest BCUT2D eigenvalue weighted by Gasteiger charge is 2.00. The van der Waals surface area contributed by atoms with Crippen molar-refractivity contribution >= 4 is 11.6 Å². The van der Waals surface area contributed by atoms with Crippen molar-refractivity contribution in [1.29, 1.82) is 0 Å². The molecule has 0 fully saturated rings. The summed E-state index contributed by atoms with van der Waals surface area (Å²) in [5.41, 5.74) is 0. The van der Waals surface area contributed by atoms with Gasteiger partial charge in [0.2, 0.25) is 0 Å². The van der Waals surface area contributed by atoms with Crippen LogP contribution in [0.15, 0.2) is 0 Å². The van der Waals surface area contributed by atoms with Gasteiger partial charge in [0.05, 0.1) is 0 Å². The Labute approximate surface area is 69.4 Å². The highest BCUT2D eigenvalue weighted by atomic mass is 35.5. The summed E-state index contributed by atoms with van der Waals surface area (Å²) in [6.45, 7) is 5.59. The van der Waals surface area contributed by atoms with E-state index in [1.807, 2.05) is 0 Å². The minimum absolute atomic E-state index is 0.662. The SMILES string of the molecule is CC(C)N(C)CCCCCl. The van der Waals surface area contributed by atoms with Gasteiger partial charge in [0, 0.05) is 11.9 Å². The van der Waals surface area contributed by atoms with Crippen LogP contribution in [-0.2, 0) is 0 Å². The van der Waals surface area contributed by atoms with Gasteiger partial charge in [-0.2, -0.15) is 0 Å². The summed E-state index contributed by atoms with van der Waals surface area (Å²) in [5, 5.41) is 0. The van der Waals surface area contributed by atoms with E-state index in [1.165, 1.54) is 13.0 Å². The summed E-state index contributed by atoms with van der Waals surface area (Å²) in [5.74, 6) is 0.798. The highest BCUT2D eigenvalue weighted by molar-refractivity contribution is 6.17. The predicted molar refractivity (Wildman–Crippen MR) is 47.7 cm³/mol. The zero-order valence-electron chi connectivity index (χ0n) is 7.23. The maximum atomic E-state index is 5.55. The molecule has 2 heteroatoms. The Balaban J connectivity index is 3.13. The first kappa shape index (κ1) is 10.2. The van der Waals surface area contributed by atoms with Gasteiger partial charge in [-0.1, -0.05) is 0 Å². The summed E-state index contributed by atoms with van der Waals surface area (Å²) in [4.78, 5) is 2.34. The second kappa shape index (κ2) is 5.99. The van der Waals surface area contributed by atoms with Crippen molar-refractivity contribution in [2.45, 2.75) is 32.7 Å². The third-order valence-electron chi connectivity index (χ3n) is 1.78.